The van der Waals surface area contributed by atoms with Gasteiger partial charge in [0.05, 0.1) is 12.4 Å². The van der Waals surface area contributed by atoms with Gasteiger partial charge in [-0.25, -0.2) is 4.98 Å². The zero-order valence-electron chi connectivity index (χ0n) is 13.5. The second-order valence-corrected chi connectivity index (χ2v) is 5.91. The topological polar surface area (TPSA) is 143 Å². The van der Waals surface area contributed by atoms with Gasteiger partial charge in [0.25, 0.3) is 0 Å². The van der Waals surface area contributed by atoms with Crippen LogP contribution in [0.4, 0.5) is 0 Å². The molecular weight excluding hydrogens is 320 g/mol. The summed E-state index contributed by atoms with van der Waals surface area (Å²) < 4.78 is 0. The number of nitrogens with zero attached hydrogens (tertiary/aromatic N) is 1. The molecule has 0 fully saturated rings. The number of carbonyl (C=O) groups is 2. The lowest BCUT2D eigenvalue weighted by molar-refractivity contribution is -0.128. The molecule has 2 heterocycles. The van der Waals surface area contributed by atoms with Crippen LogP contribution in [0, 0.1) is 0 Å². The molecule has 0 saturated heterocycles. The Morgan fingerprint density at radius 3 is 2.72 bits per heavy atom. The van der Waals surface area contributed by atoms with Gasteiger partial charge >= 0.3 is 0 Å². The normalized spacial score (nSPS) is 13.5. The van der Waals surface area contributed by atoms with Crippen LogP contribution in [0.5, 0.6) is 0 Å². The van der Waals surface area contributed by atoms with E-state index in [1.807, 2.05) is 30.5 Å². The Balaban J connectivity index is 1.65. The van der Waals surface area contributed by atoms with Crippen molar-refractivity contribution < 1.29 is 9.59 Å². The zero-order valence-corrected chi connectivity index (χ0v) is 13.5. The Morgan fingerprint density at radius 1 is 1.20 bits per heavy atom. The second kappa shape index (κ2) is 7.18. The monoisotopic (exact) mass is 340 g/mol. The third kappa shape index (κ3) is 3.86. The van der Waals surface area contributed by atoms with Gasteiger partial charge < -0.3 is 26.8 Å². The molecule has 3 aromatic rings. The Bertz CT molecular complexity index is 870. The van der Waals surface area contributed by atoms with E-state index in [1.165, 1.54) is 6.33 Å². The molecule has 130 valence electrons. The molecule has 0 spiro atoms. The summed E-state index contributed by atoms with van der Waals surface area (Å²) in [7, 11) is 0. The Labute approximate surface area is 144 Å². The maximum atomic E-state index is 12.4. The highest BCUT2D eigenvalue weighted by Gasteiger charge is 2.23. The van der Waals surface area contributed by atoms with E-state index < -0.39 is 23.9 Å². The summed E-state index contributed by atoms with van der Waals surface area (Å²) in [5, 5.41) is 3.64. The summed E-state index contributed by atoms with van der Waals surface area (Å²) >= 11 is 0. The fraction of sp³-hybridized carbons (Fsp3) is 0.235. The maximum absolute atomic E-state index is 12.4. The van der Waals surface area contributed by atoms with E-state index in [9.17, 15) is 9.59 Å². The van der Waals surface area contributed by atoms with Gasteiger partial charge in [0.2, 0.25) is 11.8 Å². The van der Waals surface area contributed by atoms with Crippen molar-refractivity contribution in [3.8, 4) is 0 Å². The summed E-state index contributed by atoms with van der Waals surface area (Å²) in [6.07, 6.45) is 5.51. The van der Waals surface area contributed by atoms with E-state index in [2.05, 4.69) is 20.3 Å². The van der Waals surface area contributed by atoms with Crippen molar-refractivity contribution >= 4 is 22.7 Å². The lowest BCUT2D eigenvalue weighted by Gasteiger charge is -2.18. The SMILES string of the molecule is NC(=O)[C@@H](Cc1cnc[nH]1)NC(=O)[C@@H](N)Cc1c[nH]c2ccccc12. The first-order valence-electron chi connectivity index (χ1n) is 7.92. The van der Waals surface area contributed by atoms with E-state index in [0.29, 0.717) is 12.1 Å². The minimum Gasteiger partial charge on any atom is -0.368 e. The summed E-state index contributed by atoms with van der Waals surface area (Å²) in [6, 6.07) is 6.15. The molecule has 2 atom stereocenters. The molecule has 8 heteroatoms. The van der Waals surface area contributed by atoms with Gasteiger partial charge in [-0.2, -0.15) is 0 Å². The zero-order chi connectivity index (χ0) is 17.8. The molecule has 7 N–H and O–H groups in total. The highest BCUT2D eigenvalue weighted by Crippen LogP contribution is 2.18. The largest absolute Gasteiger partial charge is 0.368 e. The van der Waals surface area contributed by atoms with Crippen molar-refractivity contribution in [3.63, 3.8) is 0 Å². The summed E-state index contributed by atoms with van der Waals surface area (Å²) in [4.78, 5) is 33.9. The number of nitrogens with one attached hydrogen (secondary N) is 3. The fourth-order valence-electron chi connectivity index (χ4n) is 2.75. The van der Waals surface area contributed by atoms with Crippen molar-refractivity contribution in [2.45, 2.75) is 24.9 Å². The molecule has 8 nitrogen and oxygen atoms in total. The van der Waals surface area contributed by atoms with Crippen LogP contribution < -0.4 is 16.8 Å². The maximum Gasteiger partial charge on any atom is 0.240 e. The van der Waals surface area contributed by atoms with Crippen LogP contribution in [0.1, 0.15) is 11.3 Å². The summed E-state index contributed by atoms with van der Waals surface area (Å²) in [6.45, 7) is 0. The number of aromatic nitrogens is 3. The number of imidazole rings is 1. The predicted molar refractivity (Wildman–Crippen MR) is 93.4 cm³/mol. The van der Waals surface area contributed by atoms with Gasteiger partial charge in [0, 0.05) is 35.4 Å². The van der Waals surface area contributed by atoms with Crippen LogP contribution in [-0.2, 0) is 22.4 Å². The molecule has 25 heavy (non-hydrogen) atoms. The minimum atomic E-state index is -0.845. The molecule has 0 unspecified atom stereocenters. The van der Waals surface area contributed by atoms with E-state index in [1.54, 1.807) is 6.20 Å². The van der Waals surface area contributed by atoms with Crippen LogP contribution in [0.3, 0.4) is 0 Å². The molecule has 0 saturated carbocycles. The second-order valence-electron chi connectivity index (χ2n) is 5.91. The number of hydrogen-bond acceptors (Lipinski definition) is 4. The lowest BCUT2D eigenvalue weighted by atomic mass is 10.0. The number of primary amides is 1. The number of rotatable bonds is 7. The quantitative estimate of drug-likeness (QED) is 0.411. The summed E-state index contributed by atoms with van der Waals surface area (Å²) in [5.41, 5.74) is 14.0. The van der Waals surface area contributed by atoms with E-state index in [-0.39, 0.29) is 6.42 Å². The van der Waals surface area contributed by atoms with Gasteiger partial charge in [-0.15, -0.1) is 0 Å². The first-order valence-corrected chi connectivity index (χ1v) is 7.92. The first-order chi connectivity index (χ1) is 12.0. The Morgan fingerprint density at radius 2 is 2.00 bits per heavy atom. The van der Waals surface area contributed by atoms with Crippen LogP contribution >= 0.6 is 0 Å². The molecule has 0 aliphatic heterocycles. The number of aromatic amines is 2. The van der Waals surface area contributed by atoms with E-state index in [0.717, 1.165) is 16.5 Å². The molecule has 0 radical (unpaired) electrons. The van der Waals surface area contributed by atoms with E-state index in [4.69, 9.17) is 11.5 Å². The molecule has 2 aromatic heterocycles. The number of carbonyl (C=O) groups excluding carboxylic acids is 2. The van der Waals surface area contributed by atoms with Gasteiger partial charge in [0.15, 0.2) is 0 Å². The third-order valence-corrected chi connectivity index (χ3v) is 4.09. The molecular formula is C17H20N6O2. The number of amides is 2. The number of para-hydroxylation sites is 1. The highest BCUT2D eigenvalue weighted by molar-refractivity contribution is 5.90. The van der Waals surface area contributed by atoms with Gasteiger partial charge in [-0.05, 0) is 18.1 Å². The number of H-pyrrole nitrogens is 2. The van der Waals surface area contributed by atoms with Crippen LogP contribution in [0.2, 0.25) is 0 Å². The average molecular weight is 340 g/mol. The molecule has 1 aromatic carbocycles. The fourth-order valence-corrected chi connectivity index (χ4v) is 2.75. The van der Waals surface area contributed by atoms with Crippen molar-refractivity contribution in [2.24, 2.45) is 11.5 Å². The average Bonchev–Trinajstić information content (AvgIpc) is 3.24. The Kier molecular flexibility index (Phi) is 4.80. The van der Waals surface area contributed by atoms with Crippen molar-refractivity contribution in [2.75, 3.05) is 0 Å². The van der Waals surface area contributed by atoms with Gasteiger partial charge in [-0.1, -0.05) is 18.2 Å². The first kappa shape index (κ1) is 16.7. The standard InChI is InChI=1S/C17H20N6O2/c18-13(5-10-7-21-14-4-2-1-3-12(10)14)17(25)23-15(16(19)24)6-11-8-20-9-22-11/h1-4,7-9,13,15,21H,5-6,18H2,(H2,19,24)(H,20,22)(H,23,25)/t13-,15+/m0/s1. The van der Waals surface area contributed by atoms with Crippen molar-refractivity contribution in [1.29, 1.82) is 0 Å². The summed E-state index contributed by atoms with van der Waals surface area (Å²) in [5.74, 6) is -1.05. The van der Waals surface area contributed by atoms with Crippen LogP contribution in [-0.4, -0.2) is 38.8 Å². The highest BCUT2D eigenvalue weighted by atomic mass is 16.2. The molecule has 0 aliphatic carbocycles. The lowest BCUT2D eigenvalue weighted by Crippen LogP contribution is -2.51. The molecule has 3 rings (SSSR count). The molecule has 0 bridgehead atoms. The molecule has 2 amide bonds. The van der Waals surface area contributed by atoms with Gasteiger partial charge in [0.1, 0.15) is 6.04 Å². The Hall–Kier alpha value is -3.13. The molecule has 0 aliphatic rings. The predicted octanol–water partition coefficient (Wildman–Crippen LogP) is -0.0264. The smallest absolute Gasteiger partial charge is 0.240 e. The van der Waals surface area contributed by atoms with E-state index >= 15 is 0 Å². The van der Waals surface area contributed by atoms with Crippen molar-refractivity contribution in [3.05, 3.63) is 54.2 Å². The number of fused-ring (bicyclic) bond motifs is 1. The van der Waals surface area contributed by atoms with Gasteiger partial charge in [-0.3, -0.25) is 9.59 Å². The van der Waals surface area contributed by atoms with Crippen LogP contribution in [0.25, 0.3) is 10.9 Å². The number of hydrogen-bond donors (Lipinski definition) is 5. The minimum absolute atomic E-state index is 0.237. The number of benzene rings is 1. The third-order valence-electron chi connectivity index (χ3n) is 4.09. The van der Waals surface area contributed by atoms with Crippen LogP contribution in [0.15, 0.2) is 43.0 Å². The van der Waals surface area contributed by atoms with Crippen molar-refractivity contribution in [1.82, 2.24) is 20.3 Å². The number of nitrogens with two attached hydrogens (primary N) is 2.